The Morgan fingerprint density at radius 1 is 0.912 bits per heavy atom. The van der Waals surface area contributed by atoms with Gasteiger partial charge in [-0.2, -0.15) is 0 Å². The number of amides is 1. The van der Waals surface area contributed by atoms with Crippen molar-refractivity contribution in [1.29, 1.82) is 0 Å². The van der Waals surface area contributed by atoms with Crippen LogP contribution < -0.4 is 5.32 Å². The Hall–Kier alpha value is -4.04. The van der Waals surface area contributed by atoms with E-state index < -0.39 is 0 Å². The van der Waals surface area contributed by atoms with Crippen LogP contribution in [-0.4, -0.2) is 38.4 Å². The molecule has 0 atom stereocenters. The van der Waals surface area contributed by atoms with Crippen molar-refractivity contribution in [2.75, 3.05) is 11.1 Å². The summed E-state index contributed by atoms with van der Waals surface area (Å²) in [6.07, 6.45) is 0.967. The predicted molar refractivity (Wildman–Crippen MR) is 130 cm³/mol. The van der Waals surface area contributed by atoms with Crippen molar-refractivity contribution in [2.24, 2.45) is 0 Å². The Morgan fingerprint density at radius 3 is 2.29 bits per heavy atom. The third-order valence-corrected chi connectivity index (χ3v) is 6.49. The molecule has 1 aliphatic carbocycles. The van der Waals surface area contributed by atoms with E-state index in [0.717, 1.165) is 12.0 Å². The summed E-state index contributed by atoms with van der Waals surface area (Å²) < 4.78 is 0. The van der Waals surface area contributed by atoms with E-state index in [-0.39, 0.29) is 23.2 Å². The van der Waals surface area contributed by atoms with Crippen molar-refractivity contribution in [1.82, 2.24) is 15.2 Å². The molecule has 1 aliphatic rings. The molecule has 0 saturated carbocycles. The van der Waals surface area contributed by atoms with E-state index in [1.165, 1.54) is 17.3 Å². The second-order valence-electron chi connectivity index (χ2n) is 7.82. The highest BCUT2D eigenvalue weighted by Gasteiger charge is 2.29. The fourth-order valence-electron chi connectivity index (χ4n) is 3.84. The molecule has 0 radical (unpaired) electrons. The number of fused-ring (bicyclic) bond motifs is 2. The van der Waals surface area contributed by atoms with Gasteiger partial charge < -0.3 is 5.32 Å². The third kappa shape index (κ3) is 4.15. The lowest BCUT2D eigenvalue weighted by Gasteiger charge is -2.18. The second kappa shape index (κ2) is 9.07. The molecule has 0 fully saturated rings. The highest BCUT2D eigenvalue weighted by atomic mass is 32.2. The molecule has 34 heavy (non-hydrogen) atoms. The number of ketones is 2. The first-order valence-electron chi connectivity index (χ1n) is 10.8. The SMILES string of the molecule is CCc1ccc(-c2nc(SCC(=O)Nc3ccc4c(c3)C(=O)c3ccccc3C4=O)n[nH]2)cc1. The summed E-state index contributed by atoms with van der Waals surface area (Å²) in [5.74, 6) is 0.0559. The number of carbonyl (C=O) groups excluding carboxylic acids is 3. The van der Waals surface area contributed by atoms with Gasteiger partial charge in [-0.15, -0.1) is 5.10 Å². The van der Waals surface area contributed by atoms with Crippen molar-refractivity contribution < 1.29 is 14.4 Å². The number of H-pyrrole nitrogens is 1. The Morgan fingerprint density at radius 2 is 1.59 bits per heavy atom. The molecule has 1 amide bonds. The number of aromatic nitrogens is 3. The minimum absolute atomic E-state index is 0.0961. The standard InChI is InChI=1S/C26H20N4O3S/c1-2-15-7-9-16(10-8-15)25-28-26(30-29-25)34-14-22(31)27-17-11-12-20-21(13-17)24(33)19-6-4-3-5-18(19)23(20)32/h3-13H,2,14H2,1H3,(H,27,31)(H,28,29,30). The molecule has 8 heteroatoms. The zero-order chi connectivity index (χ0) is 23.7. The maximum Gasteiger partial charge on any atom is 0.234 e. The van der Waals surface area contributed by atoms with E-state index >= 15 is 0 Å². The lowest BCUT2D eigenvalue weighted by atomic mass is 9.84. The number of hydrogen-bond donors (Lipinski definition) is 2. The average molecular weight is 469 g/mol. The number of rotatable bonds is 6. The number of aryl methyl sites for hydroxylation is 1. The summed E-state index contributed by atoms with van der Waals surface area (Å²) in [4.78, 5) is 42.5. The van der Waals surface area contributed by atoms with Gasteiger partial charge in [-0.3, -0.25) is 19.5 Å². The molecule has 0 saturated heterocycles. The maximum absolute atomic E-state index is 12.9. The van der Waals surface area contributed by atoms with Crippen LogP contribution in [0.15, 0.2) is 71.9 Å². The number of nitrogens with one attached hydrogen (secondary N) is 2. The summed E-state index contributed by atoms with van der Waals surface area (Å²) in [6, 6.07) is 19.6. The molecule has 1 heterocycles. The molecule has 7 nitrogen and oxygen atoms in total. The van der Waals surface area contributed by atoms with Gasteiger partial charge in [0, 0.05) is 33.5 Å². The van der Waals surface area contributed by atoms with Gasteiger partial charge in [0.2, 0.25) is 11.1 Å². The molecular formula is C26H20N4O3S. The lowest BCUT2D eigenvalue weighted by Crippen LogP contribution is -2.21. The number of anilines is 1. The van der Waals surface area contributed by atoms with Gasteiger partial charge in [-0.05, 0) is 30.2 Å². The van der Waals surface area contributed by atoms with E-state index in [1.54, 1.807) is 42.5 Å². The van der Waals surface area contributed by atoms with Crippen LogP contribution in [-0.2, 0) is 11.2 Å². The van der Waals surface area contributed by atoms with Crippen LogP contribution in [0.25, 0.3) is 11.4 Å². The Balaban J connectivity index is 1.24. The van der Waals surface area contributed by atoms with Gasteiger partial charge >= 0.3 is 0 Å². The summed E-state index contributed by atoms with van der Waals surface area (Å²) in [7, 11) is 0. The predicted octanol–water partition coefficient (Wildman–Crippen LogP) is 4.54. The quantitative estimate of drug-likeness (QED) is 0.355. The van der Waals surface area contributed by atoms with Crippen molar-refractivity contribution in [3.05, 3.63) is 94.5 Å². The number of carbonyl (C=O) groups is 3. The Kier molecular flexibility index (Phi) is 5.81. The van der Waals surface area contributed by atoms with Gasteiger partial charge in [-0.1, -0.05) is 67.2 Å². The summed E-state index contributed by atoms with van der Waals surface area (Å²) in [5, 5.41) is 10.3. The summed E-state index contributed by atoms with van der Waals surface area (Å²) in [6.45, 7) is 2.10. The third-order valence-electron chi connectivity index (χ3n) is 5.64. The number of thioether (sulfide) groups is 1. The van der Waals surface area contributed by atoms with E-state index in [0.29, 0.717) is 38.9 Å². The first kappa shape index (κ1) is 21.8. The van der Waals surface area contributed by atoms with Gasteiger partial charge in [0.05, 0.1) is 5.75 Å². The zero-order valence-corrected chi connectivity index (χ0v) is 19.1. The van der Waals surface area contributed by atoms with Gasteiger partial charge in [0.1, 0.15) is 0 Å². The fraction of sp³-hybridized carbons (Fsp3) is 0.115. The lowest BCUT2D eigenvalue weighted by molar-refractivity contribution is -0.113. The van der Waals surface area contributed by atoms with Crippen LogP contribution in [0.4, 0.5) is 5.69 Å². The molecular weight excluding hydrogens is 448 g/mol. The van der Waals surface area contributed by atoms with Crippen LogP contribution in [0.5, 0.6) is 0 Å². The van der Waals surface area contributed by atoms with Gasteiger partial charge in [0.15, 0.2) is 17.4 Å². The molecule has 0 bridgehead atoms. The topological polar surface area (TPSA) is 105 Å². The minimum Gasteiger partial charge on any atom is -0.325 e. The number of benzene rings is 3. The van der Waals surface area contributed by atoms with E-state index in [4.69, 9.17) is 0 Å². The van der Waals surface area contributed by atoms with Gasteiger partial charge in [-0.25, -0.2) is 4.98 Å². The smallest absolute Gasteiger partial charge is 0.234 e. The van der Waals surface area contributed by atoms with E-state index in [2.05, 4.69) is 27.4 Å². The first-order chi connectivity index (χ1) is 16.5. The highest BCUT2D eigenvalue weighted by molar-refractivity contribution is 7.99. The molecule has 5 rings (SSSR count). The average Bonchev–Trinajstić information content (AvgIpc) is 3.35. The minimum atomic E-state index is -0.265. The molecule has 0 aliphatic heterocycles. The van der Waals surface area contributed by atoms with Crippen LogP contribution >= 0.6 is 11.8 Å². The number of nitrogens with zero attached hydrogens (tertiary/aromatic N) is 2. The molecule has 1 aromatic heterocycles. The van der Waals surface area contributed by atoms with Crippen molar-refractivity contribution in [2.45, 2.75) is 18.5 Å². The number of hydrogen-bond acceptors (Lipinski definition) is 6. The molecule has 168 valence electrons. The largest absolute Gasteiger partial charge is 0.325 e. The molecule has 0 spiro atoms. The Bertz CT molecular complexity index is 1430. The van der Waals surface area contributed by atoms with Gasteiger partial charge in [0.25, 0.3) is 0 Å². The van der Waals surface area contributed by atoms with Crippen LogP contribution in [0.2, 0.25) is 0 Å². The normalized spacial score (nSPS) is 12.3. The molecule has 4 aromatic rings. The van der Waals surface area contributed by atoms with Crippen molar-refractivity contribution in [3.8, 4) is 11.4 Å². The monoisotopic (exact) mass is 468 g/mol. The zero-order valence-electron chi connectivity index (χ0n) is 18.3. The van der Waals surface area contributed by atoms with E-state index in [1.807, 2.05) is 24.3 Å². The van der Waals surface area contributed by atoms with Crippen molar-refractivity contribution in [3.63, 3.8) is 0 Å². The van der Waals surface area contributed by atoms with Crippen LogP contribution in [0.1, 0.15) is 44.3 Å². The highest BCUT2D eigenvalue weighted by Crippen LogP contribution is 2.29. The first-order valence-corrected chi connectivity index (χ1v) is 11.8. The second-order valence-corrected chi connectivity index (χ2v) is 8.76. The molecule has 2 N–H and O–H groups in total. The number of aromatic amines is 1. The van der Waals surface area contributed by atoms with E-state index in [9.17, 15) is 14.4 Å². The summed E-state index contributed by atoms with van der Waals surface area (Å²) in [5.41, 5.74) is 4.04. The van der Waals surface area contributed by atoms with Crippen LogP contribution in [0.3, 0.4) is 0 Å². The maximum atomic E-state index is 12.9. The van der Waals surface area contributed by atoms with Crippen LogP contribution in [0, 0.1) is 0 Å². The van der Waals surface area contributed by atoms with Crippen molar-refractivity contribution >= 4 is 34.9 Å². The molecule has 0 unspecified atom stereocenters. The Labute approximate surface area is 200 Å². The fourth-order valence-corrected chi connectivity index (χ4v) is 4.44. The molecule has 3 aromatic carbocycles. The summed E-state index contributed by atoms with van der Waals surface area (Å²) >= 11 is 1.20.